The number of carbonyl (C=O) groups is 3. The zero-order valence-electron chi connectivity index (χ0n) is 12.7. The van der Waals surface area contributed by atoms with Gasteiger partial charge in [-0.2, -0.15) is 0 Å². The van der Waals surface area contributed by atoms with E-state index in [4.69, 9.17) is 0 Å². The van der Waals surface area contributed by atoms with Gasteiger partial charge in [0.05, 0.1) is 19.4 Å². The number of methoxy groups -OCH3 is 1. The number of hydrogen-bond donors (Lipinski definition) is 1. The van der Waals surface area contributed by atoms with Crippen molar-refractivity contribution in [2.24, 2.45) is 0 Å². The minimum atomic E-state index is -0.781. The molecule has 2 amide bonds. The third-order valence-corrected chi connectivity index (χ3v) is 3.39. The molecule has 0 heterocycles. The summed E-state index contributed by atoms with van der Waals surface area (Å²) >= 11 is 0. The molecule has 1 N–H and O–H groups in total. The van der Waals surface area contributed by atoms with Crippen LogP contribution >= 0.6 is 0 Å². The standard InChI is InChI=1S/C18H17NO4/c1-23-16(20)12-15(13-8-4-2-5-9-13)18(22)19-17(21)14-10-6-3-7-11-14/h2-11,15H,12H2,1H3,(H,19,21,22)/t15-/m1/s1. The molecule has 2 rings (SSSR count). The van der Waals surface area contributed by atoms with Crippen LogP contribution in [0.4, 0.5) is 0 Å². The monoisotopic (exact) mass is 311 g/mol. The second-order valence-corrected chi connectivity index (χ2v) is 4.93. The van der Waals surface area contributed by atoms with Gasteiger partial charge < -0.3 is 4.74 Å². The number of nitrogens with one attached hydrogen (secondary N) is 1. The molecule has 23 heavy (non-hydrogen) atoms. The van der Waals surface area contributed by atoms with Crippen molar-refractivity contribution < 1.29 is 19.1 Å². The van der Waals surface area contributed by atoms with Gasteiger partial charge in [0.1, 0.15) is 0 Å². The van der Waals surface area contributed by atoms with E-state index in [0.29, 0.717) is 11.1 Å². The Morgan fingerprint density at radius 1 is 0.957 bits per heavy atom. The second-order valence-electron chi connectivity index (χ2n) is 4.93. The normalized spacial score (nSPS) is 11.3. The SMILES string of the molecule is COC(=O)C[C@@H](C(=O)NC(=O)c1ccccc1)c1ccccc1. The van der Waals surface area contributed by atoms with Gasteiger partial charge in [-0.1, -0.05) is 48.5 Å². The Hall–Kier alpha value is -2.95. The van der Waals surface area contributed by atoms with E-state index in [1.807, 2.05) is 6.07 Å². The van der Waals surface area contributed by atoms with Crippen LogP contribution in [-0.2, 0) is 14.3 Å². The summed E-state index contributed by atoms with van der Waals surface area (Å²) < 4.78 is 4.64. The van der Waals surface area contributed by atoms with Crippen molar-refractivity contribution in [1.29, 1.82) is 0 Å². The first kappa shape index (κ1) is 16.4. The topological polar surface area (TPSA) is 72.5 Å². The van der Waals surface area contributed by atoms with Gasteiger partial charge in [-0.15, -0.1) is 0 Å². The Bertz CT molecular complexity index is 683. The molecule has 0 bridgehead atoms. The molecule has 0 aliphatic heterocycles. The van der Waals surface area contributed by atoms with Crippen LogP contribution in [0, 0.1) is 0 Å². The smallest absolute Gasteiger partial charge is 0.306 e. The Balaban J connectivity index is 2.16. The van der Waals surface area contributed by atoms with Crippen LogP contribution in [0.5, 0.6) is 0 Å². The highest BCUT2D eigenvalue weighted by Gasteiger charge is 2.25. The molecular formula is C18H17NO4. The highest BCUT2D eigenvalue weighted by molar-refractivity contribution is 6.07. The maximum atomic E-state index is 12.4. The van der Waals surface area contributed by atoms with Gasteiger partial charge in [0.25, 0.3) is 5.91 Å². The Morgan fingerprint density at radius 2 is 1.52 bits per heavy atom. The molecule has 5 nitrogen and oxygen atoms in total. The molecule has 0 aliphatic rings. The first-order valence-electron chi connectivity index (χ1n) is 7.14. The van der Waals surface area contributed by atoms with Crippen LogP contribution < -0.4 is 5.32 Å². The fourth-order valence-corrected chi connectivity index (χ4v) is 2.16. The molecule has 0 saturated carbocycles. The highest BCUT2D eigenvalue weighted by atomic mass is 16.5. The lowest BCUT2D eigenvalue weighted by molar-refractivity contribution is -0.142. The number of esters is 1. The predicted octanol–water partition coefficient (Wildman–Crippen LogP) is 2.29. The minimum absolute atomic E-state index is 0.131. The fourth-order valence-electron chi connectivity index (χ4n) is 2.16. The molecule has 0 aliphatic carbocycles. The van der Waals surface area contributed by atoms with Crippen molar-refractivity contribution in [3.63, 3.8) is 0 Å². The van der Waals surface area contributed by atoms with Crippen molar-refractivity contribution in [1.82, 2.24) is 5.32 Å². The summed E-state index contributed by atoms with van der Waals surface area (Å²) in [5.41, 5.74) is 1.03. The van der Waals surface area contributed by atoms with Crippen molar-refractivity contribution in [3.8, 4) is 0 Å². The quantitative estimate of drug-likeness (QED) is 0.860. The number of rotatable bonds is 5. The number of hydrogen-bond acceptors (Lipinski definition) is 4. The third-order valence-electron chi connectivity index (χ3n) is 3.39. The van der Waals surface area contributed by atoms with Gasteiger partial charge in [-0.3, -0.25) is 19.7 Å². The molecule has 0 aromatic heterocycles. The molecule has 2 aromatic rings. The molecule has 0 spiro atoms. The second kappa shape index (κ2) is 7.89. The summed E-state index contributed by atoms with van der Waals surface area (Å²) in [6.45, 7) is 0. The first-order chi connectivity index (χ1) is 11.1. The van der Waals surface area contributed by atoms with Gasteiger partial charge in [0.2, 0.25) is 5.91 Å². The molecule has 5 heteroatoms. The summed E-state index contributed by atoms with van der Waals surface area (Å²) in [5, 5.41) is 2.34. The van der Waals surface area contributed by atoms with Gasteiger partial charge in [-0.25, -0.2) is 0 Å². The largest absolute Gasteiger partial charge is 0.469 e. The van der Waals surface area contributed by atoms with E-state index in [9.17, 15) is 14.4 Å². The minimum Gasteiger partial charge on any atom is -0.469 e. The fraction of sp³-hybridized carbons (Fsp3) is 0.167. The van der Waals surface area contributed by atoms with Crippen LogP contribution in [0.3, 0.4) is 0 Å². The Kier molecular flexibility index (Phi) is 5.63. The zero-order chi connectivity index (χ0) is 16.7. The van der Waals surface area contributed by atoms with Crippen LogP contribution in [0.1, 0.15) is 28.3 Å². The zero-order valence-corrected chi connectivity index (χ0v) is 12.7. The van der Waals surface area contributed by atoms with Crippen molar-refractivity contribution in [3.05, 3.63) is 71.8 Å². The van der Waals surface area contributed by atoms with Crippen LogP contribution in [0.2, 0.25) is 0 Å². The lowest BCUT2D eigenvalue weighted by Gasteiger charge is -2.15. The molecule has 0 fully saturated rings. The maximum absolute atomic E-state index is 12.4. The number of carbonyl (C=O) groups excluding carboxylic acids is 3. The van der Waals surface area contributed by atoms with E-state index in [1.54, 1.807) is 54.6 Å². The number of benzene rings is 2. The van der Waals surface area contributed by atoms with Gasteiger partial charge in [0.15, 0.2) is 0 Å². The molecule has 0 saturated heterocycles. The van der Waals surface area contributed by atoms with E-state index >= 15 is 0 Å². The lowest BCUT2D eigenvalue weighted by Crippen LogP contribution is -2.35. The predicted molar refractivity (Wildman–Crippen MR) is 84.7 cm³/mol. The van der Waals surface area contributed by atoms with E-state index < -0.39 is 23.7 Å². The van der Waals surface area contributed by atoms with E-state index in [-0.39, 0.29) is 6.42 Å². The molecule has 118 valence electrons. The van der Waals surface area contributed by atoms with E-state index in [2.05, 4.69) is 10.1 Å². The van der Waals surface area contributed by atoms with Gasteiger partial charge >= 0.3 is 5.97 Å². The van der Waals surface area contributed by atoms with Crippen LogP contribution in [0.25, 0.3) is 0 Å². The van der Waals surface area contributed by atoms with Gasteiger partial charge in [0, 0.05) is 5.56 Å². The summed E-state index contributed by atoms with van der Waals surface area (Å²) in [6.07, 6.45) is -0.131. The number of ether oxygens (including phenoxy) is 1. The highest BCUT2D eigenvalue weighted by Crippen LogP contribution is 2.20. The molecule has 2 aromatic carbocycles. The summed E-state index contributed by atoms with van der Waals surface area (Å²) in [4.78, 5) is 36.1. The number of imide groups is 1. The maximum Gasteiger partial charge on any atom is 0.306 e. The van der Waals surface area contributed by atoms with Crippen molar-refractivity contribution in [2.75, 3.05) is 7.11 Å². The molecular weight excluding hydrogens is 294 g/mol. The Labute approximate surface area is 134 Å². The van der Waals surface area contributed by atoms with Crippen molar-refractivity contribution >= 4 is 17.8 Å². The molecule has 1 atom stereocenters. The van der Waals surface area contributed by atoms with Crippen LogP contribution in [-0.4, -0.2) is 24.9 Å². The average molecular weight is 311 g/mol. The average Bonchev–Trinajstić information content (AvgIpc) is 2.60. The van der Waals surface area contributed by atoms with E-state index in [0.717, 1.165) is 0 Å². The third kappa shape index (κ3) is 4.51. The number of amides is 2. The Morgan fingerprint density at radius 3 is 2.09 bits per heavy atom. The first-order valence-corrected chi connectivity index (χ1v) is 7.14. The van der Waals surface area contributed by atoms with E-state index in [1.165, 1.54) is 7.11 Å². The summed E-state index contributed by atoms with van der Waals surface area (Å²) in [6, 6.07) is 17.2. The summed E-state index contributed by atoms with van der Waals surface area (Å²) in [5.74, 6) is -2.32. The van der Waals surface area contributed by atoms with Crippen molar-refractivity contribution in [2.45, 2.75) is 12.3 Å². The lowest BCUT2D eigenvalue weighted by atomic mass is 9.94. The van der Waals surface area contributed by atoms with Gasteiger partial charge in [-0.05, 0) is 17.7 Å². The molecule has 0 radical (unpaired) electrons. The molecule has 0 unspecified atom stereocenters. The summed E-state index contributed by atoms with van der Waals surface area (Å²) in [7, 11) is 1.26. The van der Waals surface area contributed by atoms with Crippen LogP contribution in [0.15, 0.2) is 60.7 Å².